The number of benzene rings is 2. The predicted molar refractivity (Wildman–Crippen MR) is 323 cm³/mol. The Morgan fingerprint density at radius 1 is 0.683 bits per heavy atom. The second-order valence-electron chi connectivity index (χ2n) is 24.4. The number of Topliss-reactive ketones (excluding diaryl/α,β-unsaturated/α-hetero) is 1. The van der Waals surface area contributed by atoms with Gasteiger partial charge in [0, 0.05) is 82.7 Å². The molecule has 17 nitrogen and oxygen atoms in total. The molecule has 2 aromatic carbocycles. The lowest BCUT2D eigenvalue weighted by molar-refractivity contribution is -0.143. The summed E-state index contributed by atoms with van der Waals surface area (Å²) in [4.78, 5) is 105. The first kappa shape index (κ1) is 69.3. The van der Waals surface area contributed by atoms with E-state index in [4.69, 9.17) is 14.2 Å². The van der Waals surface area contributed by atoms with E-state index in [1.54, 1.807) is 16.8 Å². The van der Waals surface area contributed by atoms with Crippen LogP contribution in [0.3, 0.4) is 0 Å². The molecule has 2 aliphatic heterocycles. The molecule has 7 unspecified atom stereocenters. The predicted octanol–water partition coefficient (Wildman–Crippen LogP) is 7.82. The van der Waals surface area contributed by atoms with Crippen LogP contribution in [0.25, 0.3) is 0 Å². The van der Waals surface area contributed by atoms with Crippen LogP contribution in [0.5, 0.6) is 0 Å². The number of ether oxygens (including phenoxy) is 3. The maximum absolute atomic E-state index is 14.6. The average molecular weight is 1140 g/mol. The molecule has 0 saturated carbocycles. The summed E-state index contributed by atoms with van der Waals surface area (Å²) in [7, 11) is 5.53. The van der Waals surface area contributed by atoms with Crippen molar-refractivity contribution in [1.29, 1.82) is 0 Å². The van der Waals surface area contributed by atoms with Crippen LogP contribution in [-0.2, 0) is 49.4 Å². The van der Waals surface area contributed by atoms with Crippen LogP contribution in [0.2, 0.25) is 0 Å². The van der Waals surface area contributed by atoms with E-state index in [2.05, 4.69) is 29.8 Å². The lowest BCUT2D eigenvalue weighted by Crippen LogP contribution is -2.58. The largest absolute Gasteiger partial charge is 0.379 e. The number of aryl methyl sites for hydroxylation is 2. The third-order valence-electron chi connectivity index (χ3n) is 17.2. The molecule has 460 valence electrons. The molecule has 2 aliphatic rings. The molecular weight excluding hydrogens is 1040 g/mol. The Labute approximate surface area is 492 Å². The first-order valence-corrected chi connectivity index (χ1v) is 30.8. The zero-order valence-corrected chi connectivity index (χ0v) is 52.6. The molecule has 2 aromatic rings. The number of hydrogen-bond acceptors (Lipinski definition) is 11. The molecule has 82 heavy (non-hydrogen) atoms. The Bertz CT molecular complexity index is 2320. The van der Waals surface area contributed by atoms with E-state index in [-0.39, 0.29) is 95.7 Å². The molecule has 0 aromatic heterocycles. The normalized spacial score (nSPS) is 18.4. The standard InChI is InChI=1S/C65H105N7O10/c1-15-45(6)60(70(14)65(79)58(43(2)3)68-63(77)59(44(4)5)69(12)13)48(9)41-57(74)71-32-21-26-54(71)49(10)50(11)61(75)67-53(42-51-24-17-16-18-25-51)64(78)72-33-22-27-55(72)62(76)66-31-23-35-81-37-39-82-38-36-80-34-20-19-28-56(73)52-30-29-46(7)47(8)40-52/h16-18,24-25,29-30,40,43-45,48-50,53-55,58-60H,15,19-23,26-28,31-39,41-42H2,1-14H3,(H,66,76)(H,67,75)(H,68,77)/t45?,48?,49?,50?,53-,54?,55+,58-,59?,60?/m0/s1. The summed E-state index contributed by atoms with van der Waals surface area (Å²) in [5.41, 5.74) is 3.95. The zero-order valence-electron chi connectivity index (χ0n) is 52.6. The van der Waals surface area contributed by atoms with Crippen molar-refractivity contribution in [2.75, 3.05) is 80.4 Å². The summed E-state index contributed by atoms with van der Waals surface area (Å²) in [5.74, 6) is -2.06. The number of carbonyl (C=O) groups is 7. The molecule has 0 spiro atoms. The fraction of sp³-hybridized carbons (Fsp3) is 0.708. The third-order valence-corrected chi connectivity index (χ3v) is 17.2. The topological polar surface area (TPSA) is 196 Å². The van der Waals surface area contributed by atoms with Crippen LogP contribution in [-0.4, -0.2) is 177 Å². The summed E-state index contributed by atoms with van der Waals surface area (Å²) in [6.45, 7) is 26.1. The Hall–Kier alpha value is -5.23. The highest BCUT2D eigenvalue weighted by atomic mass is 16.5. The highest BCUT2D eigenvalue weighted by molar-refractivity contribution is 5.96. The van der Waals surface area contributed by atoms with Gasteiger partial charge in [-0.25, -0.2) is 0 Å². The van der Waals surface area contributed by atoms with Crippen molar-refractivity contribution < 1.29 is 47.8 Å². The van der Waals surface area contributed by atoms with Crippen molar-refractivity contribution >= 4 is 41.2 Å². The van der Waals surface area contributed by atoms with Gasteiger partial charge >= 0.3 is 0 Å². The third kappa shape index (κ3) is 20.8. The van der Waals surface area contributed by atoms with E-state index < -0.39 is 30.1 Å². The summed E-state index contributed by atoms with van der Waals surface area (Å²) >= 11 is 0. The maximum atomic E-state index is 14.6. The maximum Gasteiger partial charge on any atom is 0.246 e. The molecular formula is C65H105N7O10. The number of likely N-dealkylation sites (N-methyl/N-ethyl adjacent to an activating group) is 2. The minimum Gasteiger partial charge on any atom is -0.379 e. The van der Waals surface area contributed by atoms with Crippen molar-refractivity contribution in [3.8, 4) is 0 Å². The number of hydrogen-bond donors (Lipinski definition) is 3. The van der Waals surface area contributed by atoms with E-state index in [0.717, 1.165) is 48.8 Å². The minimum atomic E-state index is -0.913. The van der Waals surface area contributed by atoms with Crippen molar-refractivity contribution in [1.82, 2.24) is 35.6 Å². The van der Waals surface area contributed by atoms with Gasteiger partial charge in [-0.15, -0.1) is 0 Å². The molecule has 2 saturated heterocycles. The van der Waals surface area contributed by atoms with Gasteiger partial charge in [-0.05, 0) is 125 Å². The monoisotopic (exact) mass is 1140 g/mol. The van der Waals surface area contributed by atoms with Gasteiger partial charge in [0.15, 0.2) is 5.78 Å². The Morgan fingerprint density at radius 3 is 1.91 bits per heavy atom. The SMILES string of the molecule is CCC(C)C(C(C)CC(=O)N1CCCC1C(C)C(C)C(=O)N[C@@H](Cc1ccccc1)C(=O)N1CCC[C@@H]1C(=O)NCCCOCCOCCOCCCCC(=O)c1ccc(C)c(C)c1)N(C)C(=O)[C@@H](NC(=O)C(C(C)C)N(C)C)C(C)C. The van der Waals surface area contributed by atoms with Crippen LogP contribution in [0, 0.1) is 49.4 Å². The van der Waals surface area contributed by atoms with E-state index in [0.29, 0.717) is 85.0 Å². The highest BCUT2D eigenvalue weighted by Crippen LogP contribution is 2.33. The minimum absolute atomic E-state index is 0.0163. The molecule has 2 fully saturated rings. The fourth-order valence-corrected chi connectivity index (χ4v) is 12.0. The summed E-state index contributed by atoms with van der Waals surface area (Å²) in [6, 6.07) is 12.2. The Balaban J connectivity index is 1.26. The van der Waals surface area contributed by atoms with Crippen LogP contribution in [0.1, 0.15) is 154 Å². The van der Waals surface area contributed by atoms with Gasteiger partial charge in [-0.2, -0.15) is 0 Å². The van der Waals surface area contributed by atoms with E-state index >= 15 is 0 Å². The van der Waals surface area contributed by atoms with Gasteiger partial charge in [0.2, 0.25) is 35.4 Å². The Morgan fingerprint density at radius 2 is 1.30 bits per heavy atom. The fourth-order valence-electron chi connectivity index (χ4n) is 12.0. The number of likely N-dealkylation sites (tertiary alicyclic amines) is 2. The summed E-state index contributed by atoms with van der Waals surface area (Å²) < 4.78 is 17.0. The van der Waals surface area contributed by atoms with Crippen molar-refractivity contribution in [2.24, 2.45) is 35.5 Å². The van der Waals surface area contributed by atoms with Gasteiger partial charge in [0.05, 0.1) is 32.5 Å². The van der Waals surface area contributed by atoms with Gasteiger partial charge in [0.25, 0.3) is 0 Å². The molecule has 6 amide bonds. The molecule has 2 heterocycles. The van der Waals surface area contributed by atoms with Gasteiger partial charge in [-0.3, -0.25) is 38.5 Å². The number of nitrogens with one attached hydrogen (secondary N) is 3. The summed E-state index contributed by atoms with van der Waals surface area (Å²) in [5, 5.41) is 9.20. The lowest BCUT2D eigenvalue weighted by atomic mass is 9.84. The molecule has 0 radical (unpaired) electrons. The molecule has 0 bridgehead atoms. The second kappa shape index (κ2) is 35.2. The smallest absolute Gasteiger partial charge is 0.246 e. The van der Waals surface area contributed by atoms with Crippen molar-refractivity contribution in [2.45, 2.75) is 183 Å². The van der Waals surface area contributed by atoms with Crippen LogP contribution in [0.4, 0.5) is 0 Å². The van der Waals surface area contributed by atoms with E-state index in [1.165, 1.54) is 5.56 Å². The molecule has 0 aliphatic carbocycles. The quantitative estimate of drug-likeness (QED) is 0.0445. The van der Waals surface area contributed by atoms with Crippen LogP contribution in [0.15, 0.2) is 48.5 Å². The van der Waals surface area contributed by atoms with Crippen LogP contribution >= 0.6 is 0 Å². The van der Waals surface area contributed by atoms with Gasteiger partial charge < -0.3 is 44.9 Å². The van der Waals surface area contributed by atoms with Gasteiger partial charge in [-0.1, -0.05) is 111 Å². The zero-order chi connectivity index (χ0) is 60.6. The number of nitrogens with zero attached hydrogens (tertiary/aromatic N) is 4. The number of carbonyl (C=O) groups excluding carboxylic acids is 7. The summed E-state index contributed by atoms with van der Waals surface area (Å²) in [6.07, 6.45) is 6.64. The second-order valence-corrected chi connectivity index (χ2v) is 24.4. The molecule has 17 heteroatoms. The van der Waals surface area contributed by atoms with E-state index in [9.17, 15) is 33.6 Å². The number of unbranched alkanes of at least 4 members (excludes halogenated alkanes) is 1. The average Bonchev–Trinajstić information content (AvgIpc) is 4.28. The van der Waals surface area contributed by atoms with Gasteiger partial charge in [0.1, 0.15) is 18.1 Å². The first-order valence-electron chi connectivity index (χ1n) is 30.8. The number of amides is 6. The first-order chi connectivity index (χ1) is 39.0. The van der Waals surface area contributed by atoms with Crippen molar-refractivity contribution in [3.05, 3.63) is 70.8 Å². The number of ketones is 1. The van der Waals surface area contributed by atoms with Crippen molar-refractivity contribution in [3.63, 3.8) is 0 Å². The highest BCUT2D eigenvalue weighted by Gasteiger charge is 2.43. The van der Waals surface area contributed by atoms with E-state index in [1.807, 2.05) is 135 Å². The molecule has 3 N–H and O–H groups in total. The molecule has 10 atom stereocenters. The van der Waals surface area contributed by atoms with Crippen LogP contribution < -0.4 is 16.0 Å². The Kier molecular flexibility index (Phi) is 29.7. The lowest BCUT2D eigenvalue weighted by Gasteiger charge is -2.40. The number of rotatable bonds is 36. The molecule has 4 rings (SSSR count).